The van der Waals surface area contributed by atoms with Crippen molar-refractivity contribution in [2.24, 2.45) is 12.8 Å². The molecule has 1 aromatic carbocycles. The van der Waals surface area contributed by atoms with Gasteiger partial charge in [0.25, 0.3) is 0 Å². The standard InChI is InChI=1S/C17H22N4/c1-3-13(18)11-14-7-6-10-21(14)12-16-15-8-4-5-9-17(15)20(2)19-16/h4-10,13H,3,11-12,18H2,1-2H3. The number of aromatic nitrogens is 3. The topological polar surface area (TPSA) is 48.8 Å². The summed E-state index contributed by atoms with van der Waals surface area (Å²) in [5.41, 5.74) is 9.64. The minimum atomic E-state index is 0.221. The number of aryl methyl sites for hydroxylation is 1. The first-order valence-electron chi connectivity index (χ1n) is 7.49. The van der Waals surface area contributed by atoms with E-state index in [1.807, 2.05) is 11.7 Å². The Balaban J connectivity index is 1.91. The van der Waals surface area contributed by atoms with Crippen LogP contribution >= 0.6 is 0 Å². The zero-order valence-corrected chi connectivity index (χ0v) is 12.7. The molecule has 110 valence electrons. The molecule has 0 amide bonds. The number of nitrogens with zero attached hydrogens (tertiary/aromatic N) is 3. The monoisotopic (exact) mass is 282 g/mol. The molecule has 1 atom stereocenters. The fourth-order valence-corrected chi connectivity index (χ4v) is 2.77. The maximum Gasteiger partial charge on any atom is 0.0900 e. The fourth-order valence-electron chi connectivity index (χ4n) is 2.77. The van der Waals surface area contributed by atoms with Gasteiger partial charge in [-0.2, -0.15) is 5.10 Å². The normalized spacial score (nSPS) is 12.9. The van der Waals surface area contributed by atoms with Gasteiger partial charge in [0.1, 0.15) is 0 Å². The highest BCUT2D eigenvalue weighted by Gasteiger charge is 2.11. The maximum atomic E-state index is 6.09. The Kier molecular flexibility index (Phi) is 3.80. The molecule has 0 aliphatic carbocycles. The Morgan fingerprint density at radius 2 is 2.00 bits per heavy atom. The lowest BCUT2D eigenvalue weighted by atomic mass is 10.1. The molecule has 1 unspecified atom stereocenters. The third-order valence-corrected chi connectivity index (χ3v) is 4.07. The zero-order valence-electron chi connectivity index (χ0n) is 12.7. The Bertz CT molecular complexity index is 738. The second kappa shape index (κ2) is 5.74. The molecule has 0 saturated heterocycles. The largest absolute Gasteiger partial charge is 0.345 e. The van der Waals surface area contributed by atoms with E-state index in [1.54, 1.807) is 0 Å². The molecule has 4 nitrogen and oxygen atoms in total. The molecule has 3 rings (SSSR count). The van der Waals surface area contributed by atoms with Crippen molar-refractivity contribution in [3.8, 4) is 0 Å². The molecule has 0 aliphatic heterocycles. The highest BCUT2D eigenvalue weighted by molar-refractivity contribution is 5.81. The first-order chi connectivity index (χ1) is 10.2. The fraction of sp³-hybridized carbons (Fsp3) is 0.353. The molecule has 4 heteroatoms. The first-order valence-corrected chi connectivity index (χ1v) is 7.49. The van der Waals surface area contributed by atoms with Crippen molar-refractivity contribution in [2.75, 3.05) is 0 Å². The molecule has 2 aromatic heterocycles. The summed E-state index contributed by atoms with van der Waals surface area (Å²) in [7, 11) is 2.00. The third kappa shape index (κ3) is 2.72. The average Bonchev–Trinajstić information content (AvgIpc) is 3.05. The van der Waals surface area contributed by atoms with Gasteiger partial charge < -0.3 is 10.3 Å². The SMILES string of the molecule is CCC(N)Cc1cccn1Cc1nn(C)c2ccccc12. The van der Waals surface area contributed by atoms with E-state index in [0.717, 1.165) is 25.1 Å². The van der Waals surface area contributed by atoms with Crippen molar-refractivity contribution in [3.63, 3.8) is 0 Å². The number of benzene rings is 1. The highest BCUT2D eigenvalue weighted by atomic mass is 15.3. The van der Waals surface area contributed by atoms with Gasteiger partial charge in [-0.15, -0.1) is 0 Å². The summed E-state index contributed by atoms with van der Waals surface area (Å²) in [6.07, 6.45) is 4.02. The molecular weight excluding hydrogens is 260 g/mol. The number of nitrogens with two attached hydrogens (primary N) is 1. The quantitative estimate of drug-likeness (QED) is 0.782. The average molecular weight is 282 g/mol. The van der Waals surface area contributed by atoms with E-state index in [9.17, 15) is 0 Å². The van der Waals surface area contributed by atoms with Crippen LogP contribution in [0, 0.1) is 0 Å². The Hall–Kier alpha value is -2.07. The minimum Gasteiger partial charge on any atom is -0.345 e. The van der Waals surface area contributed by atoms with Crippen molar-refractivity contribution in [1.29, 1.82) is 0 Å². The molecule has 2 heterocycles. The predicted molar refractivity (Wildman–Crippen MR) is 86.2 cm³/mol. The number of fused-ring (bicyclic) bond motifs is 1. The smallest absolute Gasteiger partial charge is 0.0900 e. The van der Waals surface area contributed by atoms with E-state index in [1.165, 1.54) is 16.6 Å². The van der Waals surface area contributed by atoms with Gasteiger partial charge in [-0.1, -0.05) is 25.1 Å². The summed E-state index contributed by atoms with van der Waals surface area (Å²) in [5, 5.41) is 5.89. The van der Waals surface area contributed by atoms with Crippen molar-refractivity contribution in [3.05, 3.63) is 54.0 Å². The summed E-state index contributed by atoms with van der Waals surface area (Å²) in [6.45, 7) is 2.92. The van der Waals surface area contributed by atoms with E-state index in [-0.39, 0.29) is 6.04 Å². The van der Waals surface area contributed by atoms with Crippen LogP contribution < -0.4 is 5.73 Å². The van der Waals surface area contributed by atoms with Gasteiger partial charge in [0, 0.05) is 36.8 Å². The summed E-state index contributed by atoms with van der Waals surface area (Å²) in [4.78, 5) is 0. The van der Waals surface area contributed by atoms with Crippen molar-refractivity contribution >= 4 is 10.9 Å². The van der Waals surface area contributed by atoms with Gasteiger partial charge in [0.15, 0.2) is 0 Å². The van der Waals surface area contributed by atoms with Crippen LogP contribution in [-0.4, -0.2) is 20.4 Å². The van der Waals surface area contributed by atoms with Crippen molar-refractivity contribution in [2.45, 2.75) is 32.4 Å². The second-order valence-electron chi connectivity index (χ2n) is 5.59. The van der Waals surface area contributed by atoms with Crippen LogP contribution in [0.2, 0.25) is 0 Å². The van der Waals surface area contributed by atoms with Gasteiger partial charge in [0.2, 0.25) is 0 Å². The van der Waals surface area contributed by atoms with Crippen LogP contribution in [0.25, 0.3) is 10.9 Å². The third-order valence-electron chi connectivity index (χ3n) is 4.07. The van der Waals surface area contributed by atoms with Gasteiger partial charge in [-0.3, -0.25) is 4.68 Å². The van der Waals surface area contributed by atoms with Gasteiger partial charge in [-0.05, 0) is 24.6 Å². The summed E-state index contributed by atoms with van der Waals surface area (Å²) in [6, 6.07) is 12.8. The lowest BCUT2D eigenvalue weighted by Gasteiger charge is -2.12. The summed E-state index contributed by atoms with van der Waals surface area (Å²) < 4.78 is 4.20. The predicted octanol–water partition coefficient (Wildman–Crippen LogP) is 2.70. The first kappa shape index (κ1) is 13.9. The molecule has 0 bridgehead atoms. The highest BCUT2D eigenvalue weighted by Crippen LogP contribution is 2.19. The van der Waals surface area contributed by atoms with Crippen LogP contribution in [-0.2, 0) is 20.0 Å². The number of para-hydroxylation sites is 1. The lowest BCUT2D eigenvalue weighted by molar-refractivity contribution is 0.605. The summed E-state index contributed by atoms with van der Waals surface area (Å²) >= 11 is 0. The lowest BCUT2D eigenvalue weighted by Crippen LogP contribution is -2.23. The number of hydrogen-bond acceptors (Lipinski definition) is 2. The van der Waals surface area contributed by atoms with E-state index in [4.69, 9.17) is 5.73 Å². The molecule has 21 heavy (non-hydrogen) atoms. The van der Waals surface area contributed by atoms with Gasteiger partial charge in [-0.25, -0.2) is 0 Å². The number of hydrogen-bond donors (Lipinski definition) is 1. The van der Waals surface area contributed by atoms with Crippen molar-refractivity contribution in [1.82, 2.24) is 14.3 Å². The van der Waals surface area contributed by atoms with E-state index < -0.39 is 0 Å². The van der Waals surface area contributed by atoms with E-state index in [0.29, 0.717) is 0 Å². The van der Waals surface area contributed by atoms with Crippen molar-refractivity contribution < 1.29 is 0 Å². The van der Waals surface area contributed by atoms with Crippen LogP contribution in [0.15, 0.2) is 42.6 Å². The molecule has 0 fully saturated rings. The minimum absolute atomic E-state index is 0.221. The van der Waals surface area contributed by atoms with Crippen LogP contribution in [0.4, 0.5) is 0 Å². The Morgan fingerprint density at radius 3 is 2.81 bits per heavy atom. The molecular formula is C17H22N4. The molecule has 0 aliphatic rings. The summed E-state index contributed by atoms with van der Waals surface area (Å²) in [5.74, 6) is 0. The number of rotatable bonds is 5. The van der Waals surface area contributed by atoms with Gasteiger partial charge in [0.05, 0.1) is 17.8 Å². The molecule has 3 aromatic rings. The molecule has 2 N–H and O–H groups in total. The second-order valence-corrected chi connectivity index (χ2v) is 5.59. The zero-order chi connectivity index (χ0) is 14.8. The van der Waals surface area contributed by atoms with E-state index >= 15 is 0 Å². The maximum absolute atomic E-state index is 6.09. The Labute approximate surface area is 125 Å². The van der Waals surface area contributed by atoms with Gasteiger partial charge >= 0.3 is 0 Å². The van der Waals surface area contributed by atoms with Crippen LogP contribution in [0.3, 0.4) is 0 Å². The van der Waals surface area contributed by atoms with Crippen LogP contribution in [0.5, 0.6) is 0 Å². The van der Waals surface area contributed by atoms with Crippen LogP contribution in [0.1, 0.15) is 24.7 Å². The molecule has 0 spiro atoms. The molecule has 0 radical (unpaired) electrons. The van der Waals surface area contributed by atoms with E-state index in [2.05, 4.69) is 59.2 Å². The molecule has 0 saturated carbocycles. The Morgan fingerprint density at radius 1 is 1.19 bits per heavy atom.